The topological polar surface area (TPSA) is 81.7 Å². The molecular weight excluding hydrogens is 340 g/mol. The molecule has 1 aromatic heterocycles. The van der Waals surface area contributed by atoms with Crippen LogP contribution in [0.1, 0.15) is 31.2 Å². The third-order valence-corrected chi connectivity index (χ3v) is 6.00. The summed E-state index contributed by atoms with van der Waals surface area (Å²) in [6.45, 7) is 2.29. The molecule has 142 valence electrons. The Morgan fingerprint density at radius 2 is 1.88 bits per heavy atom. The molecule has 0 amide bonds. The first-order valence-electron chi connectivity index (χ1n) is 8.69. The van der Waals surface area contributed by atoms with Crippen LogP contribution in [-0.2, 0) is 16.8 Å². The second-order valence-electron chi connectivity index (χ2n) is 6.88. The molecule has 2 heterocycles. The molecule has 0 spiro atoms. The zero-order chi connectivity index (χ0) is 18.4. The van der Waals surface area contributed by atoms with Gasteiger partial charge in [0.2, 0.25) is 5.95 Å². The second kappa shape index (κ2) is 8.88. The fourth-order valence-electron chi connectivity index (χ4n) is 2.97. The zero-order valence-electron chi connectivity index (χ0n) is 15.6. The molecule has 0 aromatic carbocycles. The molecule has 25 heavy (non-hydrogen) atoms. The van der Waals surface area contributed by atoms with E-state index in [1.54, 1.807) is 0 Å². The summed E-state index contributed by atoms with van der Waals surface area (Å²) >= 11 is 0. The minimum atomic E-state index is -3.35. The number of piperidine rings is 1. The van der Waals surface area contributed by atoms with E-state index in [2.05, 4.69) is 19.6 Å². The molecule has 9 heteroatoms. The summed E-state index contributed by atoms with van der Waals surface area (Å²) in [4.78, 5) is 13.0. The van der Waals surface area contributed by atoms with E-state index in [9.17, 15) is 8.42 Å². The van der Waals surface area contributed by atoms with Crippen molar-refractivity contribution in [2.45, 2.75) is 38.3 Å². The molecule has 2 rings (SSSR count). The minimum absolute atomic E-state index is 0.382. The largest absolute Gasteiger partial charge is 0.347 e. The van der Waals surface area contributed by atoms with Gasteiger partial charge in [-0.15, -0.1) is 0 Å². The number of rotatable bonds is 8. The normalized spacial score (nSPS) is 19.3. The molecular formula is C16H30N6O2S. The van der Waals surface area contributed by atoms with Gasteiger partial charge in [-0.05, 0) is 25.8 Å². The van der Waals surface area contributed by atoms with E-state index < -0.39 is 10.2 Å². The van der Waals surface area contributed by atoms with Crippen molar-refractivity contribution < 1.29 is 8.42 Å². The van der Waals surface area contributed by atoms with E-state index in [0.717, 1.165) is 31.5 Å². The first kappa shape index (κ1) is 20.0. The molecule has 1 saturated heterocycles. The maximum absolute atomic E-state index is 11.8. The maximum Gasteiger partial charge on any atom is 0.278 e. The Kier molecular flexibility index (Phi) is 7.12. The van der Waals surface area contributed by atoms with Crippen LogP contribution in [-0.4, -0.2) is 74.9 Å². The summed E-state index contributed by atoms with van der Waals surface area (Å²) in [7, 11) is 3.56. The summed E-state index contributed by atoms with van der Waals surface area (Å²) in [5.74, 6) is 0.706. The van der Waals surface area contributed by atoms with E-state index in [-0.39, 0.29) is 0 Å². The summed E-state index contributed by atoms with van der Waals surface area (Å²) in [5, 5.41) is 0. The number of aromatic nitrogens is 2. The van der Waals surface area contributed by atoms with Gasteiger partial charge in [0, 0.05) is 65.3 Å². The number of likely N-dealkylation sites (tertiary alicyclic amines) is 1. The smallest absolute Gasteiger partial charge is 0.278 e. The van der Waals surface area contributed by atoms with Gasteiger partial charge in [-0.25, -0.2) is 14.7 Å². The molecule has 1 N–H and O–H groups in total. The fraction of sp³-hybridized carbons (Fsp3) is 0.750. The lowest BCUT2D eigenvalue weighted by atomic mass is 9.99. The summed E-state index contributed by atoms with van der Waals surface area (Å²) in [6, 6.07) is 0.382. The number of anilines is 1. The third kappa shape index (κ3) is 5.88. The molecule has 1 aromatic rings. The Labute approximate surface area is 151 Å². The van der Waals surface area contributed by atoms with Crippen LogP contribution in [0.3, 0.4) is 0 Å². The molecule has 1 aliphatic heterocycles. The number of nitrogens with zero attached hydrogens (tertiary/aromatic N) is 5. The van der Waals surface area contributed by atoms with E-state index in [1.165, 1.54) is 31.2 Å². The molecule has 0 saturated carbocycles. The van der Waals surface area contributed by atoms with E-state index >= 15 is 0 Å². The van der Waals surface area contributed by atoms with E-state index in [0.29, 0.717) is 18.5 Å². The van der Waals surface area contributed by atoms with Crippen LogP contribution >= 0.6 is 0 Å². The molecule has 0 bridgehead atoms. The predicted octanol–water partition coefficient (Wildman–Crippen LogP) is 0.683. The predicted molar refractivity (Wildman–Crippen MR) is 99.6 cm³/mol. The van der Waals surface area contributed by atoms with Gasteiger partial charge in [0.1, 0.15) is 0 Å². The van der Waals surface area contributed by atoms with Crippen molar-refractivity contribution in [1.82, 2.24) is 23.9 Å². The Balaban J connectivity index is 1.91. The lowest BCUT2D eigenvalue weighted by Crippen LogP contribution is -2.42. The lowest BCUT2D eigenvalue weighted by molar-refractivity contribution is 0.133. The van der Waals surface area contributed by atoms with Gasteiger partial charge in [0.05, 0.1) is 0 Å². The molecule has 1 atom stereocenters. The zero-order valence-corrected chi connectivity index (χ0v) is 16.5. The summed E-state index contributed by atoms with van der Waals surface area (Å²) < 4.78 is 27.5. The minimum Gasteiger partial charge on any atom is -0.347 e. The van der Waals surface area contributed by atoms with Crippen LogP contribution < -0.4 is 9.62 Å². The van der Waals surface area contributed by atoms with Crippen molar-refractivity contribution in [3.63, 3.8) is 0 Å². The summed E-state index contributed by atoms with van der Waals surface area (Å²) in [6.07, 6.45) is 8.03. The van der Waals surface area contributed by atoms with Crippen LogP contribution in [0.2, 0.25) is 0 Å². The monoisotopic (exact) mass is 370 g/mol. The Morgan fingerprint density at radius 1 is 1.20 bits per heavy atom. The van der Waals surface area contributed by atoms with Crippen molar-refractivity contribution in [2.75, 3.05) is 46.2 Å². The van der Waals surface area contributed by atoms with Crippen molar-refractivity contribution in [3.05, 3.63) is 18.0 Å². The fourth-order valence-corrected chi connectivity index (χ4v) is 3.61. The van der Waals surface area contributed by atoms with Gasteiger partial charge < -0.3 is 4.90 Å². The highest BCUT2D eigenvalue weighted by atomic mass is 32.2. The van der Waals surface area contributed by atoms with Gasteiger partial charge in [0.25, 0.3) is 10.2 Å². The highest BCUT2D eigenvalue weighted by Crippen LogP contribution is 2.21. The van der Waals surface area contributed by atoms with Gasteiger partial charge in [-0.3, -0.25) is 4.90 Å². The molecule has 1 aliphatic rings. The quantitative estimate of drug-likeness (QED) is 0.725. The number of nitrogens with one attached hydrogen (secondary N) is 1. The standard InChI is InChI=1S/C16H30N6O2S/c1-20(2)16-17-11-14(12-18-16)13-22-10-6-5-7-15(22)8-9-19-25(23,24)21(3)4/h11-12,15,19H,5-10,13H2,1-4H3/t15-/m1/s1. The number of hydrogen-bond acceptors (Lipinski definition) is 6. The van der Waals surface area contributed by atoms with Crippen LogP contribution in [0.15, 0.2) is 12.4 Å². The van der Waals surface area contributed by atoms with Gasteiger partial charge in [0.15, 0.2) is 0 Å². The maximum atomic E-state index is 11.8. The van der Waals surface area contributed by atoms with Crippen molar-refractivity contribution in [2.24, 2.45) is 0 Å². The lowest BCUT2D eigenvalue weighted by Gasteiger charge is -2.35. The third-order valence-electron chi connectivity index (χ3n) is 4.47. The van der Waals surface area contributed by atoms with Crippen molar-refractivity contribution >= 4 is 16.2 Å². The van der Waals surface area contributed by atoms with Crippen LogP contribution in [0, 0.1) is 0 Å². The molecule has 0 unspecified atom stereocenters. The average molecular weight is 371 g/mol. The van der Waals surface area contributed by atoms with Crippen LogP contribution in [0.25, 0.3) is 0 Å². The highest BCUT2D eigenvalue weighted by Gasteiger charge is 2.23. The van der Waals surface area contributed by atoms with Gasteiger partial charge in [-0.2, -0.15) is 12.7 Å². The first-order chi connectivity index (χ1) is 11.8. The Hall–Kier alpha value is -1.29. The average Bonchev–Trinajstić information content (AvgIpc) is 2.56. The van der Waals surface area contributed by atoms with E-state index in [1.807, 2.05) is 31.4 Å². The summed E-state index contributed by atoms with van der Waals surface area (Å²) in [5.41, 5.74) is 1.09. The molecule has 8 nitrogen and oxygen atoms in total. The SMILES string of the molecule is CN(C)c1ncc(CN2CCCC[C@@H]2CCNS(=O)(=O)N(C)C)cn1. The van der Waals surface area contributed by atoms with Crippen LogP contribution in [0.4, 0.5) is 5.95 Å². The first-order valence-corrected chi connectivity index (χ1v) is 10.1. The molecule has 0 radical (unpaired) electrons. The Bertz CT molecular complexity index is 633. The second-order valence-corrected chi connectivity index (χ2v) is 8.85. The van der Waals surface area contributed by atoms with Crippen molar-refractivity contribution in [1.29, 1.82) is 0 Å². The van der Waals surface area contributed by atoms with E-state index in [4.69, 9.17) is 0 Å². The Morgan fingerprint density at radius 3 is 2.48 bits per heavy atom. The molecule has 0 aliphatic carbocycles. The van der Waals surface area contributed by atoms with Gasteiger partial charge in [-0.1, -0.05) is 6.42 Å². The highest BCUT2D eigenvalue weighted by molar-refractivity contribution is 7.87. The number of hydrogen-bond donors (Lipinski definition) is 1. The van der Waals surface area contributed by atoms with Crippen molar-refractivity contribution in [3.8, 4) is 0 Å². The van der Waals surface area contributed by atoms with Gasteiger partial charge >= 0.3 is 0 Å². The van der Waals surface area contributed by atoms with Crippen LogP contribution in [0.5, 0.6) is 0 Å². The molecule has 1 fully saturated rings.